The van der Waals surface area contributed by atoms with Gasteiger partial charge in [0, 0.05) is 17.8 Å². The molecular weight excluding hydrogens is 493 g/mol. The molecule has 1 heterocycles. The first kappa shape index (κ1) is 26.4. The minimum absolute atomic E-state index is 0.267. The molecule has 0 radical (unpaired) electrons. The van der Waals surface area contributed by atoms with E-state index in [1.54, 1.807) is 24.3 Å². The van der Waals surface area contributed by atoms with Gasteiger partial charge in [0.15, 0.2) is 6.10 Å². The molecule has 0 spiro atoms. The van der Waals surface area contributed by atoms with Crippen molar-refractivity contribution in [1.82, 2.24) is 0 Å². The molecule has 6 heteroatoms. The van der Waals surface area contributed by atoms with Crippen LogP contribution in [0.4, 0.5) is 10.1 Å². The molecule has 0 fully saturated rings. The Morgan fingerprint density at radius 2 is 1.64 bits per heavy atom. The molecular formula is C33H32FNO4. The van der Waals surface area contributed by atoms with Gasteiger partial charge in [-0.3, -0.25) is 0 Å². The number of esters is 1. The van der Waals surface area contributed by atoms with E-state index in [0.29, 0.717) is 24.5 Å². The van der Waals surface area contributed by atoms with Gasteiger partial charge in [0.25, 0.3) is 0 Å². The molecule has 1 aliphatic rings. The molecule has 0 aliphatic carbocycles. The van der Waals surface area contributed by atoms with Crippen molar-refractivity contribution in [2.24, 2.45) is 0 Å². The van der Waals surface area contributed by atoms with Gasteiger partial charge in [-0.15, -0.1) is 0 Å². The first-order valence-corrected chi connectivity index (χ1v) is 13.0. The molecule has 0 aromatic heterocycles. The zero-order chi connectivity index (χ0) is 27.4. The first-order valence-electron chi connectivity index (χ1n) is 13.0. The Hall–Kier alpha value is -4.16. The normalized spacial score (nSPS) is 17.5. The molecule has 200 valence electrons. The maximum Gasteiger partial charge on any atom is 0.338 e. The summed E-state index contributed by atoms with van der Waals surface area (Å²) in [6, 6.07) is 29.4. The van der Waals surface area contributed by atoms with Gasteiger partial charge in [0.05, 0.1) is 12.2 Å². The van der Waals surface area contributed by atoms with Crippen LogP contribution in [0, 0.1) is 12.7 Å². The van der Waals surface area contributed by atoms with Crippen LogP contribution in [-0.4, -0.2) is 17.7 Å². The Balaban J connectivity index is 1.44. The van der Waals surface area contributed by atoms with Crippen LogP contribution in [0.3, 0.4) is 0 Å². The highest BCUT2D eigenvalue weighted by molar-refractivity contribution is 5.89. The summed E-state index contributed by atoms with van der Waals surface area (Å²) in [6.07, 6.45) is -1.29. The topological polar surface area (TPSA) is 56.8 Å². The van der Waals surface area contributed by atoms with Gasteiger partial charge in [-0.1, -0.05) is 60.2 Å². The predicted molar refractivity (Wildman–Crippen MR) is 149 cm³/mol. The van der Waals surface area contributed by atoms with E-state index in [9.17, 15) is 9.18 Å². The monoisotopic (exact) mass is 525 g/mol. The molecule has 0 bridgehead atoms. The highest BCUT2D eigenvalue weighted by atomic mass is 19.1. The molecule has 0 saturated carbocycles. The lowest BCUT2D eigenvalue weighted by Gasteiger charge is -2.43. The van der Waals surface area contributed by atoms with Crippen LogP contribution in [0.25, 0.3) is 0 Å². The second-order valence-corrected chi connectivity index (χ2v) is 10.3. The highest BCUT2D eigenvalue weighted by Gasteiger charge is 2.47. The Kier molecular flexibility index (Phi) is 7.66. The van der Waals surface area contributed by atoms with Crippen molar-refractivity contribution < 1.29 is 23.4 Å². The first-order chi connectivity index (χ1) is 18.8. The van der Waals surface area contributed by atoms with Crippen molar-refractivity contribution in [2.75, 3.05) is 5.32 Å². The SMILES string of the molecule is Cc1ccc(C(=O)OC2C(OCc3ccccc3)c3cc(NCc4ccc(F)cc4)ccc3OC2(C)C)cc1. The van der Waals surface area contributed by atoms with Gasteiger partial charge >= 0.3 is 5.97 Å². The van der Waals surface area contributed by atoms with Crippen LogP contribution < -0.4 is 10.1 Å². The summed E-state index contributed by atoms with van der Waals surface area (Å²) in [5, 5.41) is 3.39. The average molecular weight is 526 g/mol. The van der Waals surface area contributed by atoms with Crippen LogP contribution in [-0.2, 0) is 22.6 Å². The molecule has 5 nitrogen and oxygen atoms in total. The van der Waals surface area contributed by atoms with Crippen LogP contribution in [0.1, 0.15) is 52.6 Å². The second kappa shape index (κ2) is 11.3. The van der Waals surface area contributed by atoms with E-state index in [1.165, 1.54) is 12.1 Å². The van der Waals surface area contributed by atoms with Gasteiger partial charge in [-0.2, -0.15) is 0 Å². The lowest BCUT2D eigenvalue weighted by atomic mass is 9.87. The summed E-state index contributed by atoms with van der Waals surface area (Å²) in [7, 11) is 0. The van der Waals surface area contributed by atoms with Gasteiger partial charge < -0.3 is 19.5 Å². The number of rotatable bonds is 8. The maximum atomic E-state index is 13.3. The lowest BCUT2D eigenvalue weighted by Crippen LogP contribution is -2.51. The summed E-state index contributed by atoms with van der Waals surface area (Å²) in [4.78, 5) is 13.2. The second-order valence-electron chi connectivity index (χ2n) is 10.3. The number of carbonyl (C=O) groups is 1. The minimum Gasteiger partial charge on any atom is -0.483 e. The number of nitrogens with one attached hydrogen (secondary N) is 1. The molecule has 1 N–H and O–H groups in total. The molecule has 0 saturated heterocycles. The number of anilines is 1. The van der Waals surface area contributed by atoms with E-state index in [1.807, 2.05) is 81.4 Å². The number of fused-ring (bicyclic) bond motifs is 1. The molecule has 5 rings (SSSR count). The molecule has 2 unspecified atom stereocenters. The Bertz CT molecular complexity index is 1420. The third-order valence-electron chi connectivity index (χ3n) is 6.85. The van der Waals surface area contributed by atoms with E-state index in [0.717, 1.165) is 27.9 Å². The molecule has 1 aliphatic heterocycles. The standard InChI is InChI=1S/C33H32FNO4/c1-22-9-13-25(14-10-22)32(36)38-31-30(37-21-24-7-5-4-6-8-24)28-19-27(17-18-29(28)39-33(31,2)3)35-20-23-11-15-26(34)16-12-23/h4-19,30-31,35H,20-21H2,1-3H3. The van der Waals surface area contributed by atoms with Gasteiger partial charge in [-0.05, 0) is 74.4 Å². The van der Waals surface area contributed by atoms with E-state index >= 15 is 0 Å². The van der Waals surface area contributed by atoms with E-state index in [2.05, 4.69) is 5.32 Å². The van der Waals surface area contributed by atoms with Crippen molar-refractivity contribution in [3.8, 4) is 5.75 Å². The van der Waals surface area contributed by atoms with Crippen molar-refractivity contribution in [1.29, 1.82) is 0 Å². The number of carbonyl (C=O) groups excluding carboxylic acids is 1. The highest BCUT2D eigenvalue weighted by Crippen LogP contribution is 2.45. The number of ether oxygens (including phenoxy) is 3. The Labute approximate surface area is 228 Å². The fraction of sp³-hybridized carbons (Fsp3) is 0.242. The number of aryl methyl sites for hydroxylation is 1. The van der Waals surface area contributed by atoms with Crippen LogP contribution in [0.2, 0.25) is 0 Å². The predicted octanol–water partition coefficient (Wildman–Crippen LogP) is 7.40. The van der Waals surface area contributed by atoms with Crippen LogP contribution in [0.15, 0.2) is 97.1 Å². The molecule has 4 aromatic carbocycles. The van der Waals surface area contributed by atoms with Gasteiger partial charge in [0.2, 0.25) is 0 Å². The zero-order valence-corrected chi connectivity index (χ0v) is 22.3. The van der Waals surface area contributed by atoms with Crippen molar-refractivity contribution in [2.45, 2.75) is 51.7 Å². The fourth-order valence-electron chi connectivity index (χ4n) is 4.66. The summed E-state index contributed by atoms with van der Waals surface area (Å²) in [5.41, 5.74) is 4.28. The average Bonchev–Trinajstić information content (AvgIpc) is 2.93. The van der Waals surface area contributed by atoms with Crippen molar-refractivity contribution >= 4 is 11.7 Å². The van der Waals surface area contributed by atoms with Crippen LogP contribution >= 0.6 is 0 Å². The van der Waals surface area contributed by atoms with E-state index in [4.69, 9.17) is 14.2 Å². The summed E-state index contributed by atoms with van der Waals surface area (Å²) >= 11 is 0. The number of hydrogen-bond acceptors (Lipinski definition) is 5. The maximum absolute atomic E-state index is 13.3. The number of halogens is 1. The van der Waals surface area contributed by atoms with Gasteiger partial charge in [-0.25, -0.2) is 9.18 Å². The largest absolute Gasteiger partial charge is 0.483 e. The lowest BCUT2D eigenvalue weighted by molar-refractivity contribution is -0.143. The number of hydrogen-bond donors (Lipinski definition) is 1. The zero-order valence-electron chi connectivity index (χ0n) is 22.3. The van der Waals surface area contributed by atoms with Crippen molar-refractivity contribution in [3.05, 3.63) is 131 Å². The van der Waals surface area contributed by atoms with Gasteiger partial charge in [0.1, 0.15) is 23.3 Å². The number of benzene rings is 4. The Morgan fingerprint density at radius 1 is 0.923 bits per heavy atom. The van der Waals surface area contributed by atoms with E-state index in [-0.39, 0.29) is 5.82 Å². The smallest absolute Gasteiger partial charge is 0.338 e. The summed E-state index contributed by atoms with van der Waals surface area (Å²) in [6.45, 7) is 6.64. The molecule has 4 aromatic rings. The summed E-state index contributed by atoms with van der Waals surface area (Å²) in [5.74, 6) is -0.0241. The van der Waals surface area contributed by atoms with E-state index < -0.39 is 23.8 Å². The third kappa shape index (κ3) is 6.29. The summed E-state index contributed by atoms with van der Waals surface area (Å²) < 4.78 is 32.3. The van der Waals surface area contributed by atoms with Crippen LogP contribution in [0.5, 0.6) is 5.75 Å². The molecule has 0 amide bonds. The molecule has 39 heavy (non-hydrogen) atoms. The molecule has 2 atom stereocenters. The minimum atomic E-state index is -0.849. The Morgan fingerprint density at radius 3 is 2.36 bits per heavy atom. The fourth-order valence-corrected chi connectivity index (χ4v) is 4.66. The third-order valence-corrected chi connectivity index (χ3v) is 6.85. The van der Waals surface area contributed by atoms with Crippen molar-refractivity contribution in [3.63, 3.8) is 0 Å². The quantitative estimate of drug-likeness (QED) is 0.243.